The summed E-state index contributed by atoms with van der Waals surface area (Å²) in [6, 6.07) is 8.42. The lowest BCUT2D eigenvalue weighted by molar-refractivity contribution is -0.122. The highest BCUT2D eigenvalue weighted by Gasteiger charge is 2.19. The fourth-order valence-electron chi connectivity index (χ4n) is 2.06. The van der Waals surface area contributed by atoms with Crippen LogP contribution in [0.4, 0.5) is 0 Å². The molecule has 1 rings (SSSR count). The Morgan fingerprint density at radius 3 is 2.05 bits per heavy atom. The first-order chi connectivity index (χ1) is 8.99. The summed E-state index contributed by atoms with van der Waals surface area (Å²) in [5, 5.41) is 2.99. The zero-order valence-electron chi connectivity index (χ0n) is 13.6. The highest BCUT2D eigenvalue weighted by molar-refractivity contribution is 5.77. The summed E-state index contributed by atoms with van der Waals surface area (Å²) in [6.07, 6.45) is 0.331. The lowest BCUT2D eigenvalue weighted by Crippen LogP contribution is -2.39. The van der Waals surface area contributed by atoms with Crippen molar-refractivity contribution in [2.75, 3.05) is 0 Å². The summed E-state index contributed by atoms with van der Waals surface area (Å²) >= 11 is 0. The minimum absolute atomic E-state index is 0.00105. The van der Waals surface area contributed by atoms with Gasteiger partial charge in [0.1, 0.15) is 0 Å². The molecule has 3 nitrogen and oxygen atoms in total. The van der Waals surface area contributed by atoms with Crippen molar-refractivity contribution in [1.82, 2.24) is 5.32 Å². The number of hydrogen-bond donors (Lipinski definition) is 2. The SMILES string of the molecule is CC(NC(=O)CC(C)(C)N)c1ccc(C(C)(C)C)cc1. The van der Waals surface area contributed by atoms with Gasteiger partial charge < -0.3 is 11.1 Å². The lowest BCUT2D eigenvalue weighted by atomic mass is 9.86. The van der Waals surface area contributed by atoms with E-state index >= 15 is 0 Å². The summed E-state index contributed by atoms with van der Waals surface area (Å²) in [4.78, 5) is 11.9. The Bertz CT molecular complexity index is 449. The Kier molecular flexibility index (Phi) is 4.98. The van der Waals surface area contributed by atoms with Gasteiger partial charge in [-0.05, 0) is 37.3 Å². The van der Waals surface area contributed by atoms with Gasteiger partial charge in [-0.3, -0.25) is 4.79 Å². The van der Waals surface area contributed by atoms with Crippen LogP contribution >= 0.6 is 0 Å². The monoisotopic (exact) mass is 276 g/mol. The van der Waals surface area contributed by atoms with Gasteiger partial charge in [-0.25, -0.2) is 0 Å². The molecule has 0 bridgehead atoms. The summed E-state index contributed by atoms with van der Waals surface area (Å²) < 4.78 is 0. The lowest BCUT2D eigenvalue weighted by Gasteiger charge is -2.22. The maximum atomic E-state index is 11.9. The van der Waals surface area contributed by atoms with Crippen LogP contribution in [0, 0.1) is 0 Å². The Morgan fingerprint density at radius 2 is 1.65 bits per heavy atom. The summed E-state index contributed by atoms with van der Waals surface area (Å²) in [5.74, 6) is -0.00935. The molecule has 0 heterocycles. The zero-order chi connectivity index (χ0) is 15.6. The Morgan fingerprint density at radius 1 is 1.15 bits per heavy atom. The second-order valence-electron chi connectivity index (χ2n) is 7.33. The Balaban J connectivity index is 2.69. The van der Waals surface area contributed by atoms with Gasteiger partial charge in [0, 0.05) is 12.0 Å². The largest absolute Gasteiger partial charge is 0.350 e. The topological polar surface area (TPSA) is 55.1 Å². The molecule has 20 heavy (non-hydrogen) atoms. The van der Waals surface area contributed by atoms with E-state index in [1.165, 1.54) is 5.56 Å². The van der Waals surface area contributed by atoms with Crippen LogP contribution in [-0.2, 0) is 10.2 Å². The molecular weight excluding hydrogens is 248 g/mol. The Hall–Kier alpha value is -1.35. The van der Waals surface area contributed by atoms with Crippen LogP contribution in [0.15, 0.2) is 24.3 Å². The van der Waals surface area contributed by atoms with Gasteiger partial charge in [0.05, 0.1) is 6.04 Å². The standard InChI is InChI=1S/C17H28N2O/c1-12(19-15(20)11-17(5,6)18)13-7-9-14(10-8-13)16(2,3)4/h7-10,12H,11,18H2,1-6H3,(H,19,20). The van der Waals surface area contributed by atoms with Crippen LogP contribution in [0.25, 0.3) is 0 Å². The van der Waals surface area contributed by atoms with Crippen molar-refractivity contribution in [2.45, 2.75) is 65.0 Å². The number of carbonyl (C=O) groups is 1. The fraction of sp³-hybridized carbons (Fsp3) is 0.588. The molecule has 0 aliphatic heterocycles. The maximum Gasteiger partial charge on any atom is 0.222 e. The molecule has 0 aliphatic carbocycles. The molecular formula is C17H28N2O. The van der Waals surface area contributed by atoms with Gasteiger partial charge in [-0.2, -0.15) is 0 Å². The number of carbonyl (C=O) groups excluding carboxylic acids is 1. The van der Waals surface area contributed by atoms with E-state index in [1.54, 1.807) is 0 Å². The van der Waals surface area contributed by atoms with Crippen molar-refractivity contribution in [3.05, 3.63) is 35.4 Å². The van der Waals surface area contributed by atoms with Crippen LogP contribution in [0.5, 0.6) is 0 Å². The molecule has 0 aromatic heterocycles. The molecule has 112 valence electrons. The number of nitrogens with one attached hydrogen (secondary N) is 1. The molecule has 3 N–H and O–H groups in total. The minimum atomic E-state index is -0.472. The highest BCUT2D eigenvalue weighted by Crippen LogP contribution is 2.24. The highest BCUT2D eigenvalue weighted by atomic mass is 16.1. The van der Waals surface area contributed by atoms with Crippen LogP contribution < -0.4 is 11.1 Å². The van der Waals surface area contributed by atoms with E-state index in [1.807, 2.05) is 20.8 Å². The van der Waals surface area contributed by atoms with E-state index in [9.17, 15) is 4.79 Å². The molecule has 3 heteroatoms. The molecule has 1 amide bonds. The van der Waals surface area contributed by atoms with E-state index in [-0.39, 0.29) is 17.4 Å². The first kappa shape index (κ1) is 16.7. The minimum Gasteiger partial charge on any atom is -0.350 e. The van der Waals surface area contributed by atoms with Crippen molar-refractivity contribution in [2.24, 2.45) is 5.73 Å². The molecule has 0 spiro atoms. The van der Waals surface area contributed by atoms with Crippen LogP contribution in [0.3, 0.4) is 0 Å². The number of hydrogen-bond acceptors (Lipinski definition) is 2. The third kappa shape index (κ3) is 5.33. The smallest absolute Gasteiger partial charge is 0.222 e. The average Bonchev–Trinajstić information content (AvgIpc) is 2.25. The molecule has 0 fully saturated rings. The first-order valence-corrected chi connectivity index (χ1v) is 7.18. The number of amides is 1. The van der Waals surface area contributed by atoms with Crippen LogP contribution in [0.2, 0.25) is 0 Å². The molecule has 1 aromatic carbocycles. The summed E-state index contributed by atoms with van der Waals surface area (Å²) in [7, 11) is 0. The van der Waals surface area contributed by atoms with Gasteiger partial charge in [0.2, 0.25) is 5.91 Å². The maximum absolute atomic E-state index is 11.9. The molecule has 0 radical (unpaired) electrons. The van der Waals surface area contributed by atoms with Gasteiger partial charge in [-0.1, -0.05) is 45.0 Å². The predicted molar refractivity (Wildman–Crippen MR) is 84.6 cm³/mol. The van der Waals surface area contributed by atoms with Gasteiger partial charge in [-0.15, -0.1) is 0 Å². The van der Waals surface area contributed by atoms with Crippen molar-refractivity contribution in [3.8, 4) is 0 Å². The normalized spacial score (nSPS) is 13.9. The zero-order valence-corrected chi connectivity index (χ0v) is 13.6. The van der Waals surface area contributed by atoms with Crippen molar-refractivity contribution in [1.29, 1.82) is 0 Å². The third-order valence-corrected chi connectivity index (χ3v) is 3.27. The molecule has 0 aliphatic rings. The molecule has 1 aromatic rings. The first-order valence-electron chi connectivity index (χ1n) is 7.18. The van der Waals surface area contributed by atoms with E-state index in [4.69, 9.17) is 5.73 Å². The molecule has 1 unspecified atom stereocenters. The van der Waals surface area contributed by atoms with Crippen molar-refractivity contribution >= 4 is 5.91 Å². The van der Waals surface area contributed by atoms with Gasteiger partial charge in [0.25, 0.3) is 0 Å². The summed E-state index contributed by atoms with van der Waals surface area (Å²) in [5.41, 5.74) is 7.94. The van der Waals surface area contributed by atoms with Crippen LogP contribution in [0.1, 0.15) is 65.1 Å². The molecule has 1 atom stereocenters. The third-order valence-electron chi connectivity index (χ3n) is 3.27. The molecule has 0 saturated carbocycles. The number of rotatable bonds is 4. The number of nitrogens with two attached hydrogens (primary N) is 1. The van der Waals surface area contributed by atoms with Gasteiger partial charge in [0.15, 0.2) is 0 Å². The van der Waals surface area contributed by atoms with E-state index in [0.717, 1.165) is 5.56 Å². The van der Waals surface area contributed by atoms with E-state index in [2.05, 4.69) is 50.4 Å². The summed E-state index contributed by atoms with van der Waals surface area (Å²) in [6.45, 7) is 12.3. The fourth-order valence-corrected chi connectivity index (χ4v) is 2.06. The predicted octanol–water partition coefficient (Wildman–Crippen LogP) is 3.29. The average molecular weight is 276 g/mol. The van der Waals surface area contributed by atoms with Crippen molar-refractivity contribution in [3.63, 3.8) is 0 Å². The van der Waals surface area contributed by atoms with E-state index < -0.39 is 5.54 Å². The second kappa shape index (κ2) is 5.96. The van der Waals surface area contributed by atoms with Crippen molar-refractivity contribution < 1.29 is 4.79 Å². The molecule has 0 saturated heterocycles. The second-order valence-corrected chi connectivity index (χ2v) is 7.33. The number of benzene rings is 1. The Labute approximate surface area is 122 Å². The quantitative estimate of drug-likeness (QED) is 0.886. The van der Waals surface area contributed by atoms with Crippen LogP contribution in [-0.4, -0.2) is 11.4 Å². The van der Waals surface area contributed by atoms with E-state index in [0.29, 0.717) is 6.42 Å². The van der Waals surface area contributed by atoms with Gasteiger partial charge >= 0.3 is 0 Å².